The van der Waals surface area contributed by atoms with Crippen LogP contribution in [0, 0.1) is 0 Å². The number of halogens is 1. The van der Waals surface area contributed by atoms with Gasteiger partial charge < -0.3 is 15.4 Å². The number of ether oxygens (including phenoxy) is 1. The first-order valence-electron chi connectivity index (χ1n) is 9.81. The van der Waals surface area contributed by atoms with E-state index in [-0.39, 0.29) is 18.4 Å². The largest absolute Gasteiger partial charge is 0.457 e. The molecule has 31 heavy (non-hydrogen) atoms. The van der Waals surface area contributed by atoms with Crippen molar-refractivity contribution in [2.45, 2.75) is 13.0 Å². The number of rotatable bonds is 8. The lowest BCUT2D eigenvalue weighted by Gasteiger charge is -2.23. The normalized spacial score (nSPS) is 11.6. The quantitative estimate of drug-likeness (QED) is 0.518. The van der Waals surface area contributed by atoms with Gasteiger partial charge in [0.2, 0.25) is 11.8 Å². The number of likely N-dealkylation sites (N-methyl/N-ethyl adjacent to an activating group) is 1. The van der Waals surface area contributed by atoms with Gasteiger partial charge >= 0.3 is 0 Å². The van der Waals surface area contributed by atoms with Crippen molar-refractivity contribution in [1.82, 2.24) is 4.90 Å². The lowest BCUT2D eigenvalue weighted by Crippen LogP contribution is -2.43. The summed E-state index contributed by atoms with van der Waals surface area (Å²) in [5.41, 5.74) is 1.18. The number of benzene rings is 3. The topological polar surface area (TPSA) is 70.7 Å². The second kappa shape index (κ2) is 10.6. The molecule has 0 bridgehead atoms. The molecule has 0 fully saturated rings. The van der Waals surface area contributed by atoms with Crippen LogP contribution in [-0.2, 0) is 9.59 Å². The van der Waals surface area contributed by atoms with Crippen molar-refractivity contribution in [3.63, 3.8) is 0 Å². The van der Waals surface area contributed by atoms with Gasteiger partial charge in [0.25, 0.3) is 0 Å². The van der Waals surface area contributed by atoms with Crippen LogP contribution in [0.1, 0.15) is 6.92 Å². The Morgan fingerprint density at radius 2 is 1.52 bits per heavy atom. The third kappa shape index (κ3) is 6.57. The minimum Gasteiger partial charge on any atom is -0.457 e. The monoisotopic (exact) mass is 437 g/mol. The molecule has 0 spiro atoms. The van der Waals surface area contributed by atoms with Gasteiger partial charge in [-0.3, -0.25) is 14.5 Å². The van der Waals surface area contributed by atoms with E-state index < -0.39 is 6.04 Å². The maximum absolute atomic E-state index is 12.6. The van der Waals surface area contributed by atoms with Gasteiger partial charge in [0.05, 0.1) is 23.3 Å². The minimum absolute atomic E-state index is 0.0453. The van der Waals surface area contributed by atoms with Gasteiger partial charge in [0.1, 0.15) is 11.5 Å². The lowest BCUT2D eigenvalue weighted by molar-refractivity contribution is -0.122. The summed E-state index contributed by atoms with van der Waals surface area (Å²) in [4.78, 5) is 26.5. The second-order valence-electron chi connectivity index (χ2n) is 7.05. The molecule has 160 valence electrons. The van der Waals surface area contributed by atoms with Gasteiger partial charge in [-0.1, -0.05) is 41.9 Å². The third-order valence-corrected chi connectivity index (χ3v) is 5.01. The molecular weight excluding hydrogens is 414 g/mol. The predicted octanol–water partition coefficient (Wildman–Crippen LogP) is 5.03. The number of nitrogens with one attached hydrogen (secondary N) is 2. The molecule has 0 saturated carbocycles. The fourth-order valence-corrected chi connectivity index (χ4v) is 2.98. The Morgan fingerprint density at radius 1 is 0.903 bits per heavy atom. The third-order valence-electron chi connectivity index (χ3n) is 4.68. The summed E-state index contributed by atoms with van der Waals surface area (Å²) in [5, 5.41) is 6.07. The van der Waals surface area contributed by atoms with Crippen molar-refractivity contribution in [2.75, 3.05) is 24.2 Å². The van der Waals surface area contributed by atoms with Crippen LogP contribution in [0.25, 0.3) is 0 Å². The highest BCUT2D eigenvalue weighted by Gasteiger charge is 2.20. The number of hydrogen-bond acceptors (Lipinski definition) is 4. The summed E-state index contributed by atoms with van der Waals surface area (Å²) in [7, 11) is 1.72. The Morgan fingerprint density at radius 3 is 2.19 bits per heavy atom. The van der Waals surface area contributed by atoms with Gasteiger partial charge in [-0.15, -0.1) is 0 Å². The number of amides is 2. The lowest BCUT2D eigenvalue weighted by atomic mass is 10.2. The fraction of sp³-hybridized carbons (Fsp3) is 0.167. The average molecular weight is 438 g/mol. The molecule has 0 heterocycles. The van der Waals surface area contributed by atoms with Crippen LogP contribution in [0.15, 0.2) is 78.9 Å². The second-order valence-corrected chi connectivity index (χ2v) is 7.46. The van der Waals surface area contributed by atoms with E-state index >= 15 is 0 Å². The summed E-state index contributed by atoms with van der Waals surface area (Å²) in [5.74, 6) is 0.942. The molecule has 0 saturated heterocycles. The minimum atomic E-state index is -0.516. The number of para-hydroxylation sites is 2. The number of carbonyl (C=O) groups excluding carboxylic acids is 2. The molecule has 0 aliphatic heterocycles. The molecule has 1 atom stereocenters. The van der Waals surface area contributed by atoms with Crippen LogP contribution >= 0.6 is 11.6 Å². The zero-order chi connectivity index (χ0) is 22.2. The summed E-state index contributed by atoms with van der Waals surface area (Å²) in [6.45, 7) is 1.79. The molecule has 3 aromatic rings. The highest BCUT2D eigenvalue weighted by molar-refractivity contribution is 6.33. The van der Waals surface area contributed by atoms with E-state index in [9.17, 15) is 9.59 Å². The Balaban J connectivity index is 1.51. The van der Waals surface area contributed by atoms with Gasteiger partial charge in [-0.25, -0.2) is 0 Å². The van der Waals surface area contributed by atoms with Crippen molar-refractivity contribution in [1.29, 1.82) is 0 Å². The van der Waals surface area contributed by atoms with Gasteiger partial charge in [0.15, 0.2) is 0 Å². The van der Waals surface area contributed by atoms with Crippen LogP contribution in [0.3, 0.4) is 0 Å². The highest BCUT2D eigenvalue weighted by atomic mass is 35.5. The SMILES string of the molecule is CC(C(=O)Nc1ccc(Oc2ccccc2)cc1)N(C)CC(=O)Nc1ccccc1Cl. The van der Waals surface area contributed by atoms with E-state index in [4.69, 9.17) is 16.3 Å². The predicted molar refractivity (Wildman–Crippen MR) is 124 cm³/mol. The van der Waals surface area contributed by atoms with Gasteiger partial charge in [0, 0.05) is 5.69 Å². The zero-order valence-electron chi connectivity index (χ0n) is 17.3. The Hall–Kier alpha value is -3.35. The molecular formula is C24H24ClN3O3. The van der Waals surface area contributed by atoms with Crippen LogP contribution in [-0.4, -0.2) is 36.3 Å². The molecule has 3 rings (SSSR count). The molecule has 0 aliphatic carbocycles. The summed E-state index contributed by atoms with van der Waals surface area (Å²) < 4.78 is 5.75. The maximum Gasteiger partial charge on any atom is 0.241 e. The summed E-state index contributed by atoms with van der Waals surface area (Å²) in [6, 6.07) is 23.1. The van der Waals surface area contributed by atoms with E-state index in [1.54, 1.807) is 67.4 Å². The first-order valence-corrected chi connectivity index (χ1v) is 10.2. The van der Waals surface area contributed by atoms with Crippen LogP contribution < -0.4 is 15.4 Å². The smallest absolute Gasteiger partial charge is 0.241 e. The van der Waals surface area contributed by atoms with Gasteiger partial charge in [-0.2, -0.15) is 0 Å². The molecule has 0 aliphatic rings. The van der Waals surface area contributed by atoms with E-state index in [1.165, 1.54) is 0 Å². The summed E-state index contributed by atoms with van der Waals surface area (Å²) >= 11 is 6.06. The molecule has 1 unspecified atom stereocenters. The molecule has 0 radical (unpaired) electrons. The van der Waals surface area contributed by atoms with E-state index in [0.717, 1.165) is 5.75 Å². The zero-order valence-corrected chi connectivity index (χ0v) is 18.1. The molecule has 3 aromatic carbocycles. The fourth-order valence-electron chi connectivity index (χ4n) is 2.79. The van der Waals surface area contributed by atoms with Crippen LogP contribution in [0.5, 0.6) is 11.5 Å². The number of carbonyl (C=O) groups is 2. The van der Waals surface area contributed by atoms with Crippen LogP contribution in [0.4, 0.5) is 11.4 Å². The van der Waals surface area contributed by atoms with Crippen molar-refractivity contribution >= 4 is 34.8 Å². The highest BCUT2D eigenvalue weighted by Crippen LogP contribution is 2.23. The maximum atomic E-state index is 12.6. The molecule has 0 aromatic heterocycles. The van der Waals surface area contributed by atoms with Crippen molar-refractivity contribution in [3.05, 3.63) is 83.9 Å². The van der Waals surface area contributed by atoms with Crippen LogP contribution in [0.2, 0.25) is 5.02 Å². The number of hydrogen-bond donors (Lipinski definition) is 2. The Kier molecular flexibility index (Phi) is 7.65. The number of nitrogens with zero attached hydrogens (tertiary/aromatic N) is 1. The van der Waals surface area contributed by atoms with E-state index in [1.807, 2.05) is 30.3 Å². The Labute approximate surface area is 186 Å². The standard InChI is InChI=1S/C24H24ClN3O3/c1-17(28(2)16-23(29)27-22-11-7-6-10-21(22)25)24(30)26-18-12-14-20(15-13-18)31-19-8-4-3-5-9-19/h3-15,17H,16H2,1-2H3,(H,26,30)(H,27,29). The molecule has 2 amide bonds. The summed E-state index contributed by atoms with van der Waals surface area (Å²) in [6.07, 6.45) is 0. The first-order chi connectivity index (χ1) is 14.9. The van der Waals surface area contributed by atoms with Crippen molar-refractivity contribution in [3.8, 4) is 11.5 Å². The van der Waals surface area contributed by atoms with Gasteiger partial charge in [-0.05, 0) is 62.5 Å². The van der Waals surface area contributed by atoms with E-state index in [0.29, 0.717) is 22.1 Å². The van der Waals surface area contributed by atoms with Crippen molar-refractivity contribution in [2.24, 2.45) is 0 Å². The van der Waals surface area contributed by atoms with E-state index in [2.05, 4.69) is 10.6 Å². The molecule has 7 heteroatoms. The first kappa shape index (κ1) is 22.3. The molecule has 6 nitrogen and oxygen atoms in total. The Bertz CT molecular complexity index is 1030. The number of anilines is 2. The molecule has 2 N–H and O–H groups in total. The van der Waals surface area contributed by atoms with Crippen molar-refractivity contribution < 1.29 is 14.3 Å². The average Bonchev–Trinajstić information content (AvgIpc) is 2.77.